The highest BCUT2D eigenvalue weighted by Gasteiger charge is 2.32. The lowest BCUT2D eigenvalue weighted by atomic mass is 9.94. The average Bonchev–Trinajstić information content (AvgIpc) is 2.17. The molecule has 15 heavy (non-hydrogen) atoms. The van der Waals surface area contributed by atoms with Gasteiger partial charge >= 0.3 is 0 Å². The summed E-state index contributed by atoms with van der Waals surface area (Å²) in [5.74, 6) is 1.05. The van der Waals surface area contributed by atoms with Gasteiger partial charge in [0.1, 0.15) is 5.76 Å². The zero-order valence-electron chi connectivity index (χ0n) is 10.1. The van der Waals surface area contributed by atoms with E-state index in [1.54, 1.807) is 0 Å². The maximum Gasteiger partial charge on any atom is 0.293 e. The van der Waals surface area contributed by atoms with Crippen molar-refractivity contribution in [1.82, 2.24) is 0 Å². The number of allylic oxidation sites excluding steroid dienone is 2. The second kappa shape index (κ2) is 4.38. The van der Waals surface area contributed by atoms with E-state index in [4.69, 9.17) is 4.74 Å². The van der Waals surface area contributed by atoms with E-state index in [0.29, 0.717) is 6.04 Å². The Morgan fingerprint density at radius 1 is 1.20 bits per heavy atom. The van der Waals surface area contributed by atoms with Crippen LogP contribution >= 0.6 is 0 Å². The minimum atomic E-state index is 0.220. The summed E-state index contributed by atoms with van der Waals surface area (Å²) in [6, 6.07) is 0.707. The summed E-state index contributed by atoms with van der Waals surface area (Å²) < 4.78 is 8.25. The van der Waals surface area contributed by atoms with E-state index >= 15 is 0 Å². The highest BCUT2D eigenvalue weighted by Crippen LogP contribution is 2.24. The molecule has 1 aliphatic carbocycles. The smallest absolute Gasteiger partial charge is 0.293 e. The van der Waals surface area contributed by atoms with Crippen molar-refractivity contribution in [3.63, 3.8) is 0 Å². The third kappa shape index (κ3) is 2.24. The molecule has 0 N–H and O–H groups in total. The zero-order chi connectivity index (χ0) is 10.8. The van der Waals surface area contributed by atoms with Gasteiger partial charge in [-0.3, -0.25) is 0 Å². The quantitative estimate of drug-likeness (QED) is 0.603. The molecular formula is C13H22NO+. The van der Waals surface area contributed by atoms with Crippen LogP contribution in [0.15, 0.2) is 11.8 Å². The Morgan fingerprint density at radius 2 is 1.87 bits per heavy atom. The van der Waals surface area contributed by atoms with Gasteiger partial charge in [0.05, 0.1) is 0 Å². The van der Waals surface area contributed by atoms with Gasteiger partial charge in [0.15, 0.2) is 11.8 Å². The molecule has 0 aromatic heterocycles. The molecule has 0 bridgehead atoms. The van der Waals surface area contributed by atoms with Gasteiger partial charge in [0, 0.05) is 32.8 Å². The second-order valence-electron chi connectivity index (χ2n) is 4.81. The van der Waals surface area contributed by atoms with E-state index in [-0.39, 0.29) is 6.23 Å². The van der Waals surface area contributed by atoms with Gasteiger partial charge < -0.3 is 4.74 Å². The molecule has 1 heterocycles. The monoisotopic (exact) mass is 208 g/mol. The van der Waals surface area contributed by atoms with E-state index < -0.39 is 0 Å². The molecule has 1 fully saturated rings. The first-order valence-electron chi connectivity index (χ1n) is 6.15. The second-order valence-corrected chi connectivity index (χ2v) is 4.81. The lowest BCUT2D eigenvalue weighted by molar-refractivity contribution is -0.641. The van der Waals surface area contributed by atoms with E-state index in [2.05, 4.69) is 24.5 Å². The largest absolute Gasteiger partial charge is 0.439 e. The standard InChI is InChI=1S/C13H22NO/c1-10-9-11(2)15-12(3)14(10)13-7-5-4-6-8-13/h9,12-13H,4-8H2,1-3H3/q+1. The van der Waals surface area contributed by atoms with Gasteiger partial charge in [-0.25, -0.2) is 0 Å². The summed E-state index contributed by atoms with van der Waals surface area (Å²) in [6.45, 7) is 6.41. The first-order valence-corrected chi connectivity index (χ1v) is 6.15. The van der Waals surface area contributed by atoms with E-state index in [1.807, 2.05) is 6.92 Å². The third-order valence-corrected chi connectivity index (χ3v) is 3.54. The molecular weight excluding hydrogens is 186 g/mol. The molecule has 2 heteroatoms. The molecule has 2 rings (SSSR count). The average molecular weight is 208 g/mol. The van der Waals surface area contributed by atoms with Gasteiger partial charge in [0.25, 0.3) is 6.23 Å². The number of hydrogen-bond acceptors (Lipinski definition) is 1. The van der Waals surface area contributed by atoms with Crippen molar-refractivity contribution in [3.05, 3.63) is 11.8 Å². The molecule has 1 atom stereocenters. The molecule has 1 aliphatic heterocycles. The molecule has 0 aromatic rings. The van der Waals surface area contributed by atoms with Gasteiger partial charge in [-0.15, -0.1) is 0 Å². The van der Waals surface area contributed by atoms with Crippen LogP contribution in [0.1, 0.15) is 52.9 Å². The van der Waals surface area contributed by atoms with E-state index in [1.165, 1.54) is 37.8 Å². The molecule has 0 saturated heterocycles. The van der Waals surface area contributed by atoms with Crippen LogP contribution in [0.25, 0.3) is 0 Å². The van der Waals surface area contributed by atoms with Gasteiger partial charge in [-0.1, -0.05) is 6.42 Å². The molecule has 84 valence electrons. The number of rotatable bonds is 1. The van der Waals surface area contributed by atoms with Crippen LogP contribution in [0.2, 0.25) is 0 Å². The Morgan fingerprint density at radius 3 is 2.47 bits per heavy atom. The van der Waals surface area contributed by atoms with Gasteiger partial charge in [0.2, 0.25) is 0 Å². The maximum atomic E-state index is 5.79. The highest BCUT2D eigenvalue weighted by molar-refractivity contribution is 5.89. The van der Waals surface area contributed by atoms with Crippen LogP contribution in [-0.2, 0) is 4.74 Å². The molecule has 0 aromatic carbocycles. The summed E-state index contributed by atoms with van der Waals surface area (Å²) in [5, 5.41) is 0. The van der Waals surface area contributed by atoms with Crippen molar-refractivity contribution < 1.29 is 9.31 Å². The van der Waals surface area contributed by atoms with E-state index in [0.717, 1.165) is 5.76 Å². The van der Waals surface area contributed by atoms with Crippen molar-refractivity contribution >= 4 is 5.71 Å². The molecule has 2 nitrogen and oxygen atoms in total. The lowest BCUT2D eigenvalue weighted by Gasteiger charge is -2.27. The topological polar surface area (TPSA) is 12.2 Å². The van der Waals surface area contributed by atoms with Crippen LogP contribution < -0.4 is 0 Å². The maximum absolute atomic E-state index is 5.79. The Bertz CT molecular complexity index is 298. The van der Waals surface area contributed by atoms with Crippen molar-refractivity contribution in [1.29, 1.82) is 0 Å². The minimum absolute atomic E-state index is 0.220. The summed E-state index contributed by atoms with van der Waals surface area (Å²) >= 11 is 0. The van der Waals surface area contributed by atoms with Crippen LogP contribution in [0.4, 0.5) is 0 Å². The van der Waals surface area contributed by atoms with Gasteiger partial charge in [-0.2, -0.15) is 4.58 Å². The predicted molar refractivity (Wildman–Crippen MR) is 62.1 cm³/mol. The van der Waals surface area contributed by atoms with Crippen molar-refractivity contribution in [3.8, 4) is 0 Å². The van der Waals surface area contributed by atoms with Crippen LogP contribution in [0.3, 0.4) is 0 Å². The SMILES string of the molecule is CC1=CC(C)=[N+](C2CCCCC2)C(C)O1. The molecule has 0 spiro atoms. The Hall–Kier alpha value is -0.790. The molecule has 0 amide bonds. The zero-order valence-corrected chi connectivity index (χ0v) is 10.1. The fourth-order valence-corrected chi connectivity index (χ4v) is 2.96. The third-order valence-electron chi connectivity index (χ3n) is 3.54. The minimum Gasteiger partial charge on any atom is -0.439 e. The van der Waals surface area contributed by atoms with Crippen molar-refractivity contribution in [2.75, 3.05) is 0 Å². The predicted octanol–water partition coefficient (Wildman–Crippen LogP) is 3.07. The first kappa shape index (κ1) is 10.7. The first-order chi connectivity index (χ1) is 7.18. The fraction of sp³-hybridized carbons (Fsp3) is 0.769. The summed E-state index contributed by atoms with van der Waals surface area (Å²) in [5.41, 5.74) is 1.37. The molecule has 1 unspecified atom stereocenters. The Labute approximate surface area is 92.6 Å². The number of ether oxygens (including phenoxy) is 1. The summed E-state index contributed by atoms with van der Waals surface area (Å²) in [6.07, 6.45) is 9.21. The van der Waals surface area contributed by atoms with Crippen LogP contribution in [0, 0.1) is 0 Å². The van der Waals surface area contributed by atoms with Crippen molar-refractivity contribution in [2.24, 2.45) is 0 Å². The Kier molecular flexibility index (Phi) is 3.13. The normalized spacial score (nSPS) is 28.7. The number of nitrogens with zero attached hydrogens (tertiary/aromatic N) is 1. The van der Waals surface area contributed by atoms with Gasteiger partial charge in [-0.05, 0) is 19.8 Å². The lowest BCUT2D eigenvalue weighted by Crippen LogP contribution is -2.41. The van der Waals surface area contributed by atoms with E-state index in [9.17, 15) is 0 Å². The summed E-state index contributed by atoms with van der Waals surface area (Å²) in [4.78, 5) is 0. The highest BCUT2D eigenvalue weighted by atomic mass is 16.5. The fourth-order valence-electron chi connectivity index (χ4n) is 2.96. The molecule has 1 saturated carbocycles. The Balaban J connectivity index is 2.20. The van der Waals surface area contributed by atoms with Crippen LogP contribution in [-0.4, -0.2) is 22.6 Å². The summed E-state index contributed by atoms with van der Waals surface area (Å²) in [7, 11) is 0. The van der Waals surface area contributed by atoms with Crippen molar-refractivity contribution in [2.45, 2.75) is 65.1 Å². The molecule has 2 aliphatic rings. The molecule has 0 radical (unpaired) electrons. The number of hydrogen-bond donors (Lipinski definition) is 0. The van der Waals surface area contributed by atoms with Crippen LogP contribution in [0.5, 0.6) is 0 Å².